The molecule has 1 saturated carbocycles. The molecular formula is C10H14O. The fourth-order valence-corrected chi connectivity index (χ4v) is 2.43. The van der Waals surface area contributed by atoms with Gasteiger partial charge in [0.05, 0.1) is 0 Å². The van der Waals surface area contributed by atoms with Gasteiger partial charge in [0.1, 0.15) is 5.78 Å². The van der Waals surface area contributed by atoms with E-state index in [4.69, 9.17) is 0 Å². The minimum atomic E-state index is 0.404. The summed E-state index contributed by atoms with van der Waals surface area (Å²) in [6.45, 7) is 1.74. The lowest BCUT2D eigenvalue weighted by molar-refractivity contribution is -0.128. The third kappa shape index (κ3) is 1.03. The Balaban J connectivity index is 2.03. The number of hydrogen-bond donors (Lipinski definition) is 0. The van der Waals surface area contributed by atoms with Gasteiger partial charge in [-0.3, -0.25) is 4.79 Å². The number of ketones is 1. The molecule has 3 unspecified atom stereocenters. The van der Waals surface area contributed by atoms with Crippen molar-refractivity contribution in [1.82, 2.24) is 0 Å². The number of carbonyl (C=O) groups is 1. The highest BCUT2D eigenvalue weighted by Gasteiger charge is 2.42. The molecule has 0 saturated heterocycles. The third-order valence-corrected chi connectivity index (χ3v) is 3.21. The van der Waals surface area contributed by atoms with E-state index in [2.05, 4.69) is 12.2 Å². The van der Waals surface area contributed by atoms with Crippen molar-refractivity contribution in [3.05, 3.63) is 12.2 Å². The number of fused-ring (bicyclic) bond motifs is 1. The van der Waals surface area contributed by atoms with Crippen molar-refractivity contribution in [1.29, 1.82) is 0 Å². The molecule has 3 atom stereocenters. The summed E-state index contributed by atoms with van der Waals surface area (Å²) < 4.78 is 0. The second kappa shape index (κ2) is 2.47. The van der Waals surface area contributed by atoms with Crippen molar-refractivity contribution in [2.75, 3.05) is 0 Å². The van der Waals surface area contributed by atoms with E-state index in [1.165, 1.54) is 6.42 Å². The molecule has 1 heteroatoms. The van der Waals surface area contributed by atoms with Crippen LogP contribution in [0, 0.1) is 17.8 Å². The number of allylic oxidation sites excluding steroid dienone is 2. The minimum Gasteiger partial charge on any atom is -0.300 e. The Hall–Kier alpha value is -0.590. The number of Topliss-reactive ketones (excluding diaryl/α,β-unsaturated/α-hetero) is 1. The van der Waals surface area contributed by atoms with Crippen molar-refractivity contribution in [2.45, 2.75) is 26.2 Å². The third-order valence-electron chi connectivity index (χ3n) is 3.21. The molecule has 2 aliphatic rings. The van der Waals surface area contributed by atoms with Crippen LogP contribution in [-0.4, -0.2) is 5.78 Å². The quantitative estimate of drug-likeness (QED) is 0.523. The second-order valence-corrected chi connectivity index (χ2v) is 3.82. The molecule has 0 bridgehead atoms. The van der Waals surface area contributed by atoms with Crippen LogP contribution in [0.4, 0.5) is 0 Å². The molecular weight excluding hydrogens is 136 g/mol. The lowest BCUT2D eigenvalue weighted by Crippen LogP contribution is -2.41. The molecule has 0 spiro atoms. The Morgan fingerprint density at radius 2 is 2.09 bits per heavy atom. The highest BCUT2D eigenvalue weighted by molar-refractivity contribution is 5.79. The summed E-state index contributed by atoms with van der Waals surface area (Å²) in [5, 5.41) is 0. The zero-order chi connectivity index (χ0) is 7.84. The van der Waals surface area contributed by atoms with Crippen LogP contribution in [0.2, 0.25) is 0 Å². The molecule has 60 valence electrons. The Morgan fingerprint density at radius 3 is 2.73 bits per heavy atom. The summed E-state index contributed by atoms with van der Waals surface area (Å²) >= 11 is 0. The maximum Gasteiger partial charge on any atom is 0.133 e. The number of rotatable bonds is 1. The largest absolute Gasteiger partial charge is 0.300 e. The molecule has 0 amide bonds. The molecule has 2 aliphatic carbocycles. The lowest BCUT2D eigenvalue weighted by atomic mass is 9.59. The van der Waals surface area contributed by atoms with Gasteiger partial charge in [0, 0.05) is 5.92 Å². The molecule has 0 N–H and O–H groups in total. The maximum absolute atomic E-state index is 11.1. The predicted molar refractivity (Wildman–Crippen MR) is 44.1 cm³/mol. The summed E-state index contributed by atoms with van der Waals surface area (Å²) in [6, 6.07) is 0. The van der Waals surface area contributed by atoms with E-state index in [-0.39, 0.29) is 0 Å². The van der Waals surface area contributed by atoms with Crippen LogP contribution in [0.3, 0.4) is 0 Å². The maximum atomic E-state index is 11.1. The zero-order valence-electron chi connectivity index (χ0n) is 6.92. The van der Waals surface area contributed by atoms with Gasteiger partial charge in [-0.1, -0.05) is 12.2 Å². The summed E-state index contributed by atoms with van der Waals surface area (Å²) in [5.74, 6) is 2.36. The summed E-state index contributed by atoms with van der Waals surface area (Å²) in [4.78, 5) is 11.1. The van der Waals surface area contributed by atoms with E-state index >= 15 is 0 Å². The van der Waals surface area contributed by atoms with Crippen LogP contribution in [0.1, 0.15) is 26.2 Å². The smallest absolute Gasteiger partial charge is 0.133 e. The van der Waals surface area contributed by atoms with Gasteiger partial charge in [0.25, 0.3) is 0 Å². The molecule has 0 aromatic heterocycles. The molecule has 2 rings (SSSR count). The Labute approximate surface area is 67.5 Å². The van der Waals surface area contributed by atoms with Crippen molar-refractivity contribution in [3.8, 4) is 0 Å². The van der Waals surface area contributed by atoms with Gasteiger partial charge in [-0.25, -0.2) is 0 Å². The molecule has 0 aromatic carbocycles. The number of carbonyl (C=O) groups excluding carboxylic acids is 1. The van der Waals surface area contributed by atoms with Crippen molar-refractivity contribution in [2.24, 2.45) is 17.8 Å². The van der Waals surface area contributed by atoms with Crippen molar-refractivity contribution in [3.63, 3.8) is 0 Å². The zero-order valence-corrected chi connectivity index (χ0v) is 6.92. The van der Waals surface area contributed by atoms with Crippen LogP contribution in [0.15, 0.2) is 12.2 Å². The lowest BCUT2D eigenvalue weighted by Gasteiger charge is -2.44. The van der Waals surface area contributed by atoms with Crippen LogP contribution in [-0.2, 0) is 4.79 Å². The fourth-order valence-electron chi connectivity index (χ4n) is 2.43. The van der Waals surface area contributed by atoms with Crippen molar-refractivity contribution >= 4 is 5.78 Å². The standard InChI is InChI=1S/C10H14O/c1-7(11)10-6-8-4-2-3-5-9(8)10/h2-3,8-10H,4-6H2,1H3. The first-order valence-electron chi connectivity index (χ1n) is 4.44. The Bertz CT molecular complexity index is 205. The molecule has 0 heterocycles. The Morgan fingerprint density at radius 1 is 1.36 bits per heavy atom. The van der Waals surface area contributed by atoms with E-state index in [1.807, 2.05) is 0 Å². The van der Waals surface area contributed by atoms with Gasteiger partial charge in [-0.05, 0) is 38.0 Å². The molecule has 11 heavy (non-hydrogen) atoms. The fraction of sp³-hybridized carbons (Fsp3) is 0.700. The average molecular weight is 150 g/mol. The van der Waals surface area contributed by atoms with Crippen LogP contribution in [0.5, 0.6) is 0 Å². The van der Waals surface area contributed by atoms with Gasteiger partial charge in [0.15, 0.2) is 0 Å². The predicted octanol–water partition coefficient (Wildman–Crippen LogP) is 2.18. The first kappa shape index (κ1) is 7.08. The average Bonchev–Trinajstić information content (AvgIpc) is 1.90. The first-order valence-corrected chi connectivity index (χ1v) is 4.44. The van der Waals surface area contributed by atoms with E-state index in [9.17, 15) is 4.79 Å². The van der Waals surface area contributed by atoms with Crippen LogP contribution < -0.4 is 0 Å². The first-order chi connectivity index (χ1) is 5.29. The van der Waals surface area contributed by atoms with Gasteiger partial charge >= 0.3 is 0 Å². The molecule has 1 fully saturated rings. The van der Waals surface area contributed by atoms with E-state index in [0.717, 1.165) is 18.8 Å². The Kier molecular flexibility index (Phi) is 1.59. The summed E-state index contributed by atoms with van der Waals surface area (Å²) in [6.07, 6.45) is 8.02. The highest BCUT2D eigenvalue weighted by Crippen LogP contribution is 2.47. The van der Waals surface area contributed by atoms with E-state index < -0.39 is 0 Å². The summed E-state index contributed by atoms with van der Waals surface area (Å²) in [7, 11) is 0. The van der Waals surface area contributed by atoms with Gasteiger partial charge in [-0.2, -0.15) is 0 Å². The summed E-state index contributed by atoms with van der Waals surface area (Å²) in [5.41, 5.74) is 0. The highest BCUT2D eigenvalue weighted by atomic mass is 16.1. The second-order valence-electron chi connectivity index (χ2n) is 3.82. The normalized spacial score (nSPS) is 41.0. The topological polar surface area (TPSA) is 17.1 Å². The number of hydrogen-bond acceptors (Lipinski definition) is 1. The van der Waals surface area contributed by atoms with Gasteiger partial charge < -0.3 is 0 Å². The van der Waals surface area contributed by atoms with Crippen LogP contribution in [0.25, 0.3) is 0 Å². The van der Waals surface area contributed by atoms with Crippen molar-refractivity contribution < 1.29 is 4.79 Å². The molecule has 1 nitrogen and oxygen atoms in total. The van der Waals surface area contributed by atoms with Gasteiger partial charge in [0.2, 0.25) is 0 Å². The van der Waals surface area contributed by atoms with Gasteiger partial charge in [-0.15, -0.1) is 0 Å². The van der Waals surface area contributed by atoms with E-state index in [0.29, 0.717) is 17.6 Å². The molecule has 0 radical (unpaired) electrons. The molecule has 0 aliphatic heterocycles. The molecule has 0 aromatic rings. The SMILES string of the molecule is CC(=O)C1CC2CC=CCC21. The minimum absolute atomic E-state index is 0.404. The van der Waals surface area contributed by atoms with E-state index in [1.54, 1.807) is 6.92 Å². The monoisotopic (exact) mass is 150 g/mol. The van der Waals surface area contributed by atoms with Crippen LogP contribution >= 0.6 is 0 Å².